The highest BCUT2D eigenvalue weighted by Gasteiger charge is 2.52. The average molecular weight is 466 g/mol. The number of benzene rings is 1. The molecule has 1 atom stereocenters. The van der Waals surface area contributed by atoms with Gasteiger partial charge >= 0.3 is 18.7 Å². The highest BCUT2D eigenvalue weighted by atomic mass is 35.5. The second-order valence-electron chi connectivity index (χ2n) is 6.73. The summed E-state index contributed by atoms with van der Waals surface area (Å²) in [4.78, 5) is 26.8. The standard InChI is InChI=1S/C17H16ClF4N5O4/c18-10-2-1-8(5-9(10)12-23-7-24-27(12)14(21)22)11(25-15(28)29)6-31-16(30)26-17(3-4-17)13(19)20/h1-2,5,7,11,13-14,25H,3-4,6H2,(H,26,30)(H,28,29)/t11-/m1/s1. The van der Waals surface area contributed by atoms with Crippen LogP contribution in [0, 0.1) is 0 Å². The van der Waals surface area contributed by atoms with Gasteiger partial charge in [-0.25, -0.2) is 23.4 Å². The molecule has 1 aromatic heterocycles. The lowest BCUT2D eigenvalue weighted by Gasteiger charge is -2.21. The molecule has 2 aromatic rings. The van der Waals surface area contributed by atoms with E-state index in [2.05, 4.69) is 20.7 Å². The Kier molecular flexibility index (Phi) is 6.53. The first-order chi connectivity index (χ1) is 14.6. The van der Waals surface area contributed by atoms with Gasteiger partial charge in [0, 0.05) is 5.56 Å². The summed E-state index contributed by atoms with van der Waals surface area (Å²) in [6.45, 7) is -3.55. The normalized spacial score (nSPS) is 15.6. The number of carboxylic acid groups (broad SMARTS) is 1. The van der Waals surface area contributed by atoms with Crippen molar-refractivity contribution in [1.82, 2.24) is 25.4 Å². The molecule has 1 fully saturated rings. The maximum Gasteiger partial charge on any atom is 0.407 e. The zero-order chi connectivity index (χ0) is 22.8. The highest BCUT2D eigenvalue weighted by Crippen LogP contribution is 2.41. The van der Waals surface area contributed by atoms with E-state index in [1.165, 1.54) is 18.2 Å². The summed E-state index contributed by atoms with van der Waals surface area (Å²) in [5.41, 5.74) is -1.39. The predicted octanol–water partition coefficient (Wildman–Crippen LogP) is 3.83. The van der Waals surface area contributed by atoms with Crippen LogP contribution in [0.2, 0.25) is 5.02 Å². The van der Waals surface area contributed by atoms with E-state index in [-0.39, 0.29) is 34.8 Å². The SMILES string of the molecule is O=C(O)N[C@H](COC(=O)NC1(C(F)F)CC1)c1ccc(Cl)c(-c2ncnn2C(F)F)c1. The Balaban J connectivity index is 1.80. The second kappa shape index (κ2) is 8.96. The largest absolute Gasteiger partial charge is 0.465 e. The molecule has 0 saturated heterocycles. The Bertz CT molecular complexity index is 970. The molecule has 9 nitrogen and oxygen atoms in total. The van der Waals surface area contributed by atoms with Crippen LogP contribution in [0.1, 0.15) is 31.0 Å². The van der Waals surface area contributed by atoms with E-state index in [4.69, 9.17) is 21.4 Å². The van der Waals surface area contributed by atoms with E-state index in [1.54, 1.807) is 0 Å². The number of hydrogen-bond donors (Lipinski definition) is 3. The lowest BCUT2D eigenvalue weighted by Crippen LogP contribution is -2.43. The Morgan fingerprint density at radius 2 is 2.00 bits per heavy atom. The number of alkyl carbamates (subject to hydrolysis) is 1. The number of ether oxygens (including phenoxy) is 1. The van der Waals surface area contributed by atoms with Gasteiger partial charge in [0.1, 0.15) is 18.5 Å². The van der Waals surface area contributed by atoms with Crippen molar-refractivity contribution in [3.8, 4) is 11.4 Å². The van der Waals surface area contributed by atoms with Crippen molar-refractivity contribution in [2.75, 3.05) is 6.61 Å². The number of carbonyl (C=O) groups is 2. The van der Waals surface area contributed by atoms with E-state index >= 15 is 0 Å². The monoisotopic (exact) mass is 465 g/mol. The maximum absolute atomic E-state index is 13.1. The summed E-state index contributed by atoms with van der Waals surface area (Å²) in [7, 11) is 0. The summed E-state index contributed by atoms with van der Waals surface area (Å²) in [6.07, 6.45) is -4.26. The number of aromatic nitrogens is 3. The van der Waals surface area contributed by atoms with Gasteiger partial charge in [0.05, 0.1) is 11.1 Å². The van der Waals surface area contributed by atoms with Crippen molar-refractivity contribution in [3.63, 3.8) is 0 Å². The first kappa shape index (κ1) is 22.6. The topological polar surface area (TPSA) is 118 Å². The summed E-state index contributed by atoms with van der Waals surface area (Å²) in [5, 5.41) is 16.7. The number of carbonyl (C=O) groups excluding carboxylic acids is 1. The third-order valence-corrected chi connectivity index (χ3v) is 4.96. The third kappa shape index (κ3) is 5.16. The van der Waals surface area contributed by atoms with Crippen LogP contribution in [-0.4, -0.2) is 50.6 Å². The Morgan fingerprint density at radius 3 is 2.58 bits per heavy atom. The molecule has 0 aliphatic heterocycles. The van der Waals surface area contributed by atoms with Crippen molar-refractivity contribution < 1.29 is 37.0 Å². The zero-order valence-corrected chi connectivity index (χ0v) is 16.3. The number of nitrogens with one attached hydrogen (secondary N) is 2. The minimum Gasteiger partial charge on any atom is -0.465 e. The molecule has 3 rings (SSSR count). The molecule has 1 heterocycles. The van der Waals surface area contributed by atoms with Crippen molar-refractivity contribution in [3.05, 3.63) is 35.1 Å². The van der Waals surface area contributed by atoms with Gasteiger partial charge in [-0.15, -0.1) is 0 Å². The van der Waals surface area contributed by atoms with E-state index in [0.717, 1.165) is 6.33 Å². The molecule has 2 amide bonds. The fraction of sp³-hybridized carbons (Fsp3) is 0.412. The van der Waals surface area contributed by atoms with Crippen LogP contribution in [0.15, 0.2) is 24.5 Å². The van der Waals surface area contributed by atoms with Crippen molar-refractivity contribution in [2.24, 2.45) is 0 Å². The molecule has 0 unspecified atom stereocenters. The van der Waals surface area contributed by atoms with Crippen LogP contribution in [0.4, 0.5) is 27.2 Å². The fourth-order valence-corrected chi connectivity index (χ4v) is 3.02. The van der Waals surface area contributed by atoms with Gasteiger partial charge in [-0.2, -0.15) is 18.6 Å². The smallest absolute Gasteiger partial charge is 0.407 e. The van der Waals surface area contributed by atoms with Gasteiger partial charge in [-0.05, 0) is 30.5 Å². The molecule has 1 aliphatic rings. The quantitative estimate of drug-likeness (QED) is 0.510. The van der Waals surface area contributed by atoms with Gasteiger partial charge in [-0.1, -0.05) is 17.7 Å². The van der Waals surface area contributed by atoms with E-state index < -0.39 is 43.3 Å². The summed E-state index contributed by atoms with van der Waals surface area (Å²) in [5.74, 6) is -0.262. The molecule has 168 valence electrons. The molecular formula is C17H16ClF4N5O4. The first-order valence-electron chi connectivity index (χ1n) is 8.83. The molecule has 0 radical (unpaired) electrons. The number of nitrogens with zero attached hydrogens (tertiary/aromatic N) is 3. The van der Waals surface area contributed by atoms with Gasteiger partial charge in [-0.3, -0.25) is 0 Å². The van der Waals surface area contributed by atoms with Crippen LogP contribution in [0.5, 0.6) is 0 Å². The van der Waals surface area contributed by atoms with Crippen LogP contribution in [0.3, 0.4) is 0 Å². The number of hydrogen-bond acceptors (Lipinski definition) is 5. The maximum atomic E-state index is 13.1. The summed E-state index contributed by atoms with van der Waals surface area (Å²) in [6, 6.07) is 2.85. The zero-order valence-electron chi connectivity index (χ0n) is 15.6. The van der Waals surface area contributed by atoms with Crippen molar-refractivity contribution >= 4 is 23.8 Å². The van der Waals surface area contributed by atoms with Crippen molar-refractivity contribution in [2.45, 2.75) is 37.4 Å². The molecule has 31 heavy (non-hydrogen) atoms. The summed E-state index contributed by atoms with van der Waals surface area (Å²) >= 11 is 6.08. The minimum atomic E-state index is -3.00. The number of halogens is 5. The minimum absolute atomic E-state index is 0.0354. The molecule has 0 spiro atoms. The van der Waals surface area contributed by atoms with Crippen LogP contribution in [0.25, 0.3) is 11.4 Å². The molecule has 1 saturated carbocycles. The Morgan fingerprint density at radius 1 is 1.29 bits per heavy atom. The number of amides is 2. The number of rotatable bonds is 8. The van der Waals surface area contributed by atoms with Crippen LogP contribution in [-0.2, 0) is 4.74 Å². The molecule has 3 N–H and O–H groups in total. The molecular weight excluding hydrogens is 450 g/mol. The second-order valence-corrected chi connectivity index (χ2v) is 7.13. The lowest BCUT2D eigenvalue weighted by atomic mass is 10.0. The molecule has 1 aromatic carbocycles. The first-order valence-corrected chi connectivity index (χ1v) is 9.21. The molecule has 14 heteroatoms. The Labute approximate surface area is 177 Å². The Hall–Kier alpha value is -3.09. The molecule has 0 bridgehead atoms. The van der Waals surface area contributed by atoms with E-state index in [1.807, 2.05) is 0 Å². The van der Waals surface area contributed by atoms with E-state index in [0.29, 0.717) is 4.68 Å². The average Bonchev–Trinajstić information content (AvgIpc) is 3.31. The van der Waals surface area contributed by atoms with Gasteiger partial charge < -0.3 is 20.5 Å². The van der Waals surface area contributed by atoms with Crippen molar-refractivity contribution in [1.29, 1.82) is 0 Å². The fourth-order valence-electron chi connectivity index (χ4n) is 2.82. The van der Waals surface area contributed by atoms with Gasteiger partial charge in [0.15, 0.2) is 5.82 Å². The molecule has 1 aliphatic carbocycles. The summed E-state index contributed by atoms with van der Waals surface area (Å²) < 4.78 is 57.4. The lowest BCUT2D eigenvalue weighted by molar-refractivity contribution is 0.0582. The number of alkyl halides is 4. The van der Waals surface area contributed by atoms with Gasteiger partial charge in [0.2, 0.25) is 0 Å². The van der Waals surface area contributed by atoms with Crippen LogP contribution >= 0.6 is 11.6 Å². The highest BCUT2D eigenvalue weighted by molar-refractivity contribution is 6.33. The third-order valence-electron chi connectivity index (χ3n) is 4.63. The van der Waals surface area contributed by atoms with Gasteiger partial charge in [0.25, 0.3) is 6.43 Å². The predicted molar refractivity (Wildman–Crippen MR) is 98.1 cm³/mol. The van der Waals surface area contributed by atoms with Crippen LogP contribution < -0.4 is 10.6 Å². The van der Waals surface area contributed by atoms with E-state index in [9.17, 15) is 27.2 Å².